The molecule has 19 heavy (non-hydrogen) atoms. The zero-order valence-electron chi connectivity index (χ0n) is 13.3. The highest BCUT2D eigenvalue weighted by molar-refractivity contribution is 4.86. The fourth-order valence-electron chi connectivity index (χ4n) is 3.04. The van der Waals surface area contributed by atoms with Gasteiger partial charge in [0.25, 0.3) is 0 Å². The van der Waals surface area contributed by atoms with Crippen molar-refractivity contribution in [3.05, 3.63) is 0 Å². The van der Waals surface area contributed by atoms with Crippen LogP contribution in [0.4, 0.5) is 0 Å². The molecule has 0 aliphatic carbocycles. The van der Waals surface area contributed by atoms with E-state index >= 15 is 0 Å². The summed E-state index contributed by atoms with van der Waals surface area (Å²) in [5.74, 6) is 0. The van der Waals surface area contributed by atoms with Crippen LogP contribution in [-0.2, 0) is 4.74 Å². The predicted molar refractivity (Wildman–Crippen MR) is 82.7 cm³/mol. The quantitative estimate of drug-likeness (QED) is 0.618. The van der Waals surface area contributed by atoms with Gasteiger partial charge in [-0.1, -0.05) is 26.7 Å². The molecule has 0 saturated carbocycles. The Bertz CT molecular complexity index is 215. The summed E-state index contributed by atoms with van der Waals surface area (Å²) in [5, 5.41) is 3.61. The number of hydrogen-bond donors (Lipinski definition) is 1. The summed E-state index contributed by atoms with van der Waals surface area (Å²) >= 11 is 0. The maximum absolute atomic E-state index is 5.78. The van der Waals surface area contributed by atoms with Crippen molar-refractivity contribution in [1.82, 2.24) is 10.2 Å². The molecule has 114 valence electrons. The van der Waals surface area contributed by atoms with Crippen LogP contribution < -0.4 is 5.32 Å². The van der Waals surface area contributed by atoms with Gasteiger partial charge in [0.05, 0.1) is 6.61 Å². The van der Waals surface area contributed by atoms with Crippen LogP contribution in [-0.4, -0.2) is 51.3 Å². The zero-order valence-corrected chi connectivity index (χ0v) is 13.3. The van der Waals surface area contributed by atoms with Crippen LogP contribution in [0.15, 0.2) is 0 Å². The molecular formula is C16H34N2O. The molecular weight excluding hydrogens is 236 g/mol. The summed E-state index contributed by atoms with van der Waals surface area (Å²) in [6, 6.07) is 0. The lowest BCUT2D eigenvalue weighted by Gasteiger charge is -2.40. The van der Waals surface area contributed by atoms with Crippen molar-refractivity contribution < 1.29 is 4.74 Å². The predicted octanol–water partition coefficient (Wildman–Crippen LogP) is 2.90. The third kappa shape index (κ3) is 6.73. The molecule has 1 saturated heterocycles. The molecule has 1 heterocycles. The van der Waals surface area contributed by atoms with E-state index in [1.54, 1.807) is 0 Å². The van der Waals surface area contributed by atoms with Gasteiger partial charge in [-0.15, -0.1) is 0 Å². The van der Waals surface area contributed by atoms with Crippen molar-refractivity contribution in [3.8, 4) is 0 Å². The molecule has 0 radical (unpaired) electrons. The SMILES string of the molecule is CCCCCN(C)CC1(CNCCC)CCCOC1. The molecule has 1 rings (SSSR count). The van der Waals surface area contributed by atoms with Gasteiger partial charge < -0.3 is 15.0 Å². The summed E-state index contributed by atoms with van der Waals surface area (Å²) in [6.07, 6.45) is 7.72. The van der Waals surface area contributed by atoms with Crippen molar-refractivity contribution >= 4 is 0 Å². The second-order valence-corrected chi connectivity index (χ2v) is 6.28. The van der Waals surface area contributed by atoms with Crippen molar-refractivity contribution in [1.29, 1.82) is 0 Å². The highest BCUT2D eigenvalue weighted by atomic mass is 16.5. The first-order chi connectivity index (χ1) is 9.22. The van der Waals surface area contributed by atoms with Crippen molar-refractivity contribution in [2.24, 2.45) is 5.41 Å². The second-order valence-electron chi connectivity index (χ2n) is 6.28. The van der Waals surface area contributed by atoms with Crippen LogP contribution in [0.3, 0.4) is 0 Å². The highest BCUT2D eigenvalue weighted by Crippen LogP contribution is 2.29. The van der Waals surface area contributed by atoms with E-state index in [1.807, 2.05) is 0 Å². The third-order valence-electron chi connectivity index (χ3n) is 4.08. The molecule has 0 amide bonds. The lowest BCUT2D eigenvalue weighted by Crippen LogP contribution is -2.48. The average Bonchev–Trinajstić information content (AvgIpc) is 2.40. The van der Waals surface area contributed by atoms with Crippen LogP contribution in [0.25, 0.3) is 0 Å². The molecule has 1 unspecified atom stereocenters. The number of ether oxygens (including phenoxy) is 1. The van der Waals surface area contributed by atoms with E-state index in [2.05, 4.69) is 31.1 Å². The van der Waals surface area contributed by atoms with E-state index in [1.165, 1.54) is 51.6 Å². The minimum Gasteiger partial charge on any atom is -0.381 e. The Morgan fingerprint density at radius 2 is 2.05 bits per heavy atom. The molecule has 0 bridgehead atoms. The first kappa shape index (κ1) is 16.9. The maximum Gasteiger partial charge on any atom is 0.0546 e. The minimum absolute atomic E-state index is 0.342. The lowest BCUT2D eigenvalue weighted by atomic mass is 9.81. The third-order valence-corrected chi connectivity index (χ3v) is 4.08. The molecule has 1 aliphatic heterocycles. The normalized spacial score (nSPS) is 24.0. The smallest absolute Gasteiger partial charge is 0.0546 e. The summed E-state index contributed by atoms with van der Waals surface area (Å²) in [7, 11) is 2.27. The van der Waals surface area contributed by atoms with Crippen molar-refractivity contribution in [2.75, 3.05) is 46.4 Å². The van der Waals surface area contributed by atoms with Crippen molar-refractivity contribution in [3.63, 3.8) is 0 Å². The topological polar surface area (TPSA) is 24.5 Å². The molecule has 1 N–H and O–H groups in total. The molecule has 1 fully saturated rings. The molecule has 0 aromatic rings. The molecule has 1 aliphatic rings. The van der Waals surface area contributed by atoms with Crippen LogP contribution in [0.5, 0.6) is 0 Å². The van der Waals surface area contributed by atoms with Gasteiger partial charge in [-0.05, 0) is 45.8 Å². The molecule has 0 aromatic heterocycles. The Morgan fingerprint density at radius 1 is 1.21 bits per heavy atom. The Labute approximate surface area is 120 Å². The average molecular weight is 270 g/mol. The minimum atomic E-state index is 0.342. The first-order valence-electron chi connectivity index (χ1n) is 8.19. The van der Waals surface area contributed by atoms with Gasteiger partial charge in [0, 0.05) is 25.1 Å². The van der Waals surface area contributed by atoms with Crippen LogP contribution in [0.1, 0.15) is 52.4 Å². The van der Waals surface area contributed by atoms with Gasteiger partial charge in [0.2, 0.25) is 0 Å². The number of unbranched alkanes of at least 4 members (excludes halogenated alkanes) is 2. The van der Waals surface area contributed by atoms with E-state index in [9.17, 15) is 0 Å². The van der Waals surface area contributed by atoms with Gasteiger partial charge in [0.15, 0.2) is 0 Å². The Morgan fingerprint density at radius 3 is 2.68 bits per heavy atom. The van der Waals surface area contributed by atoms with Gasteiger partial charge >= 0.3 is 0 Å². The van der Waals surface area contributed by atoms with Gasteiger partial charge in [0.1, 0.15) is 0 Å². The molecule has 3 heteroatoms. The van der Waals surface area contributed by atoms with E-state index in [0.717, 1.165) is 26.3 Å². The Kier molecular flexibility index (Phi) is 8.67. The second kappa shape index (κ2) is 9.73. The fourth-order valence-corrected chi connectivity index (χ4v) is 3.04. The lowest BCUT2D eigenvalue weighted by molar-refractivity contribution is -0.0227. The Balaban J connectivity index is 2.39. The van der Waals surface area contributed by atoms with Gasteiger partial charge in [-0.25, -0.2) is 0 Å². The zero-order chi connectivity index (χ0) is 14.0. The maximum atomic E-state index is 5.78. The standard InChI is InChI=1S/C16H34N2O/c1-4-6-7-11-18(3)14-16(13-17-10-5-2)9-8-12-19-15-16/h17H,4-15H2,1-3H3. The number of rotatable bonds is 10. The monoisotopic (exact) mass is 270 g/mol. The number of nitrogens with one attached hydrogen (secondary N) is 1. The number of nitrogens with zero attached hydrogens (tertiary/aromatic N) is 1. The summed E-state index contributed by atoms with van der Waals surface area (Å²) < 4.78 is 5.78. The molecule has 1 atom stereocenters. The summed E-state index contributed by atoms with van der Waals surface area (Å²) in [4.78, 5) is 2.51. The number of hydrogen-bond acceptors (Lipinski definition) is 3. The van der Waals surface area contributed by atoms with E-state index in [-0.39, 0.29) is 0 Å². The Hall–Kier alpha value is -0.120. The van der Waals surface area contributed by atoms with Gasteiger partial charge in [-0.3, -0.25) is 0 Å². The van der Waals surface area contributed by atoms with Crippen LogP contribution >= 0.6 is 0 Å². The van der Waals surface area contributed by atoms with E-state index in [4.69, 9.17) is 4.74 Å². The van der Waals surface area contributed by atoms with Crippen LogP contribution in [0, 0.1) is 5.41 Å². The van der Waals surface area contributed by atoms with E-state index < -0.39 is 0 Å². The summed E-state index contributed by atoms with van der Waals surface area (Å²) in [6.45, 7) is 11.0. The van der Waals surface area contributed by atoms with Crippen molar-refractivity contribution in [2.45, 2.75) is 52.4 Å². The molecule has 0 aromatic carbocycles. The first-order valence-corrected chi connectivity index (χ1v) is 8.19. The van der Waals surface area contributed by atoms with Gasteiger partial charge in [-0.2, -0.15) is 0 Å². The largest absolute Gasteiger partial charge is 0.381 e. The van der Waals surface area contributed by atoms with E-state index in [0.29, 0.717) is 5.41 Å². The summed E-state index contributed by atoms with van der Waals surface area (Å²) in [5.41, 5.74) is 0.342. The molecule has 0 spiro atoms. The molecule has 3 nitrogen and oxygen atoms in total. The highest BCUT2D eigenvalue weighted by Gasteiger charge is 2.33. The fraction of sp³-hybridized carbons (Fsp3) is 1.00. The van der Waals surface area contributed by atoms with Crippen LogP contribution in [0.2, 0.25) is 0 Å².